The molecule has 1 N–H and O–H groups in total. The molecule has 5 rings (SSSR count). The summed E-state index contributed by atoms with van der Waals surface area (Å²) in [5, 5.41) is 4.15. The Balaban J connectivity index is 1.20. The van der Waals surface area contributed by atoms with Crippen LogP contribution in [0.3, 0.4) is 0 Å². The number of nitrogens with one attached hydrogen (secondary N) is 1. The fraction of sp³-hybridized carbons (Fsp3) is 0.200. The number of carbonyl (C=O) groups is 1. The average Bonchev–Trinajstić information content (AvgIpc) is 3.17. The van der Waals surface area contributed by atoms with Crippen LogP contribution >= 0.6 is 0 Å². The van der Waals surface area contributed by atoms with E-state index in [9.17, 15) is 9.18 Å². The summed E-state index contributed by atoms with van der Waals surface area (Å²) in [6.07, 6.45) is 2.66. The van der Waals surface area contributed by atoms with Crippen molar-refractivity contribution in [1.29, 1.82) is 0 Å². The van der Waals surface area contributed by atoms with Crippen molar-refractivity contribution in [3.05, 3.63) is 124 Å². The van der Waals surface area contributed by atoms with Gasteiger partial charge < -0.3 is 4.57 Å². The van der Waals surface area contributed by atoms with E-state index < -0.39 is 0 Å². The fourth-order valence-corrected chi connectivity index (χ4v) is 4.86. The number of hydrazone groups is 1. The highest BCUT2D eigenvalue weighted by atomic mass is 19.1. The van der Waals surface area contributed by atoms with Gasteiger partial charge in [-0.2, -0.15) is 5.10 Å². The lowest BCUT2D eigenvalue weighted by molar-refractivity contribution is 0.0955. The maximum atomic E-state index is 14.3. The zero-order chi connectivity index (χ0) is 25.1. The van der Waals surface area contributed by atoms with Crippen LogP contribution < -0.4 is 5.43 Å². The first kappa shape index (κ1) is 23.7. The lowest BCUT2D eigenvalue weighted by Crippen LogP contribution is -2.30. The van der Waals surface area contributed by atoms with Gasteiger partial charge in [-0.25, -0.2) is 9.82 Å². The molecule has 3 aromatic carbocycles. The summed E-state index contributed by atoms with van der Waals surface area (Å²) >= 11 is 0. The van der Waals surface area contributed by atoms with Crippen LogP contribution in [0.4, 0.5) is 4.39 Å². The van der Waals surface area contributed by atoms with Crippen molar-refractivity contribution in [2.75, 3.05) is 6.54 Å². The molecule has 0 aliphatic carbocycles. The molecule has 1 amide bonds. The predicted molar refractivity (Wildman–Crippen MR) is 141 cm³/mol. The number of rotatable bonds is 6. The summed E-state index contributed by atoms with van der Waals surface area (Å²) < 4.78 is 16.1. The molecule has 0 bridgehead atoms. The van der Waals surface area contributed by atoms with Gasteiger partial charge in [0.15, 0.2) is 0 Å². The molecular formula is C30H29FN4O. The van der Waals surface area contributed by atoms with Gasteiger partial charge >= 0.3 is 0 Å². The van der Waals surface area contributed by atoms with Gasteiger partial charge in [-0.3, -0.25) is 9.69 Å². The summed E-state index contributed by atoms with van der Waals surface area (Å²) in [4.78, 5) is 15.0. The molecule has 6 heteroatoms. The SMILES string of the molecule is Cc1cc(C=NNC(=O)c2ccc(CN3CCc4ccccc4C3)cc2)c(C)n1-c1ccccc1F. The summed E-state index contributed by atoms with van der Waals surface area (Å²) in [5.74, 6) is -0.558. The topological polar surface area (TPSA) is 49.6 Å². The minimum absolute atomic E-state index is 0.271. The van der Waals surface area contributed by atoms with E-state index in [1.807, 2.05) is 54.8 Å². The highest BCUT2D eigenvalue weighted by Crippen LogP contribution is 2.22. The van der Waals surface area contributed by atoms with Crippen LogP contribution in [0.15, 0.2) is 84.0 Å². The monoisotopic (exact) mass is 480 g/mol. The Bertz CT molecular complexity index is 1420. The third-order valence-electron chi connectivity index (χ3n) is 6.77. The summed E-state index contributed by atoms with van der Waals surface area (Å²) in [5.41, 5.74) is 10.2. The molecule has 1 aliphatic heterocycles. The maximum Gasteiger partial charge on any atom is 0.271 e. The highest BCUT2D eigenvalue weighted by molar-refractivity contribution is 5.95. The second-order valence-corrected chi connectivity index (χ2v) is 9.24. The van der Waals surface area contributed by atoms with E-state index in [1.165, 1.54) is 22.8 Å². The Kier molecular flexibility index (Phi) is 6.78. The number of hydrogen-bond donors (Lipinski definition) is 1. The van der Waals surface area contributed by atoms with Gasteiger partial charge in [0.25, 0.3) is 5.91 Å². The molecule has 4 aromatic rings. The molecule has 1 aliphatic rings. The Morgan fingerprint density at radius 1 is 1.00 bits per heavy atom. The summed E-state index contributed by atoms with van der Waals surface area (Å²) in [7, 11) is 0. The molecule has 0 spiro atoms. The molecule has 1 aromatic heterocycles. The lowest BCUT2D eigenvalue weighted by Gasteiger charge is -2.28. The lowest BCUT2D eigenvalue weighted by atomic mass is 9.99. The van der Waals surface area contributed by atoms with E-state index in [2.05, 4.69) is 39.7 Å². The molecule has 5 nitrogen and oxygen atoms in total. The Morgan fingerprint density at radius 2 is 1.72 bits per heavy atom. The van der Waals surface area contributed by atoms with Crippen LogP contribution in [0.25, 0.3) is 5.69 Å². The second kappa shape index (κ2) is 10.3. The molecule has 182 valence electrons. The van der Waals surface area contributed by atoms with Crippen molar-refractivity contribution in [3.63, 3.8) is 0 Å². The molecule has 0 radical (unpaired) electrons. The predicted octanol–water partition coefficient (Wildman–Crippen LogP) is 5.56. The Labute approximate surface area is 210 Å². The normalized spacial score (nSPS) is 13.6. The summed E-state index contributed by atoms with van der Waals surface area (Å²) in [6, 6.07) is 24.9. The average molecular weight is 481 g/mol. The first-order valence-corrected chi connectivity index (χ1v) is 12.1. The van der Waals surface area contributed by atoms with Gasteiger partial charge in [-0.1, -0.05) is 48.5 Å². The van der Waals surface area contributed by atoms with E-state index in [4.69, 9.17) is 0 Å². The van der Waals surface area contributed by atoms with Gasteiger partial charge in [0.1, 0.15) is 5.82 Å². The van der Waals surface area contributed by atoms with Crippen LogP contribution in [0, 0.1) is 19.7 Å². The Hall–Kier alpha value is -4.03. The van der Waals surface area contributed by atoms with Crippen molar-refractivity contribution in [2.24, 2.45) is 5.10 Å². The Morgan fingerprint density at radius 3 is 2.50 bits per heavy atom. The number of hydrogen-bond acceptors (Lipinski definition) is 3. The molecule has 2 heterocycles. The maximum absolute atomic E-state index is 14.3. The van der Waals surface area contributed by atoms with E-state index >= 15 is 0 Å². The second-order valence-electron chi connectivity index (χ2n) is 9.24. The third-order valence-corrected chi connectivity index (χ3v) is 6.77. The molecule has 36 heavy (non-hydrogen) atoms. The zero-order valence-corrected chi connectivity index (χ0v) is 20.5. The highest BCUT2D eigenvalue weighted by Gasteiger charge is 2.16. The van der Waals surface area contributed by atoms with Crippen molar-refractivity contribution in [2.45, 2.75) is 33.4 Å². The van der Waals surface area contributed by atoms with Crippen LogP contribution in [0.5, 0.6) is 0 Å². The molecule has 0 unspecified atom stereocenters. The number of aryl methyl sites for hydroxylation is 1. The van der Waals surface area contributed by atoms with Crippen LogP contribution in [0.1, 0.15) is 44.0 Å². The van der Waals surface area contributed by atoms with E-state index in [0.29, 0.717) is 11.3 Å². The molecular weight excluding hydrogens is 451 g/mol. The van der Waals surface area contributed by atoms with Gasteiger partial charge in [0.05, 0.1) is 11.9 Å². The first-order valence-electron chi connectivity index (χ1n) is 12.1. The number of para-hydroxylation sites is 1. The smallest absolute Gasteiger partial charge is 0.271 e. The van der Waals surface area contributed by atoms with Crippen molar-refractivity contribution < 1.29 is 9.18 Å². The number of nitrogens with zero attached hydrogens (tertiary/aromatic N) is 3. The minimum Gasteiger partial charge on any atom is -0.315 e. The third kappa shape index (κ3) is 4.99. The van der Waals surface area contributed by atoms with Crippen molar-refractivity contribution in [1.82, 2.24) is 14.9 Å². The molecule has 0 saturated carbocycles. The minimum atomic E-state index is -0.287. The van der Waals surface area contributed by atoms with E-state index in [1.54, 1.807) is 18.3 Å². The number of aromatic nitrogens is 1. The van der Waals surface area contributed by atoms with Gasteiger partial charge in [0, 0.05) is 42.1 Å². The van der Waals surface area contributed by atoms with Crippen LogP contribution in [0.2, 0.25) is 0 Å². The summed E-state index contributed by atoms with van der Waals surface area (Å²) in [6.45, 7) is 6.66. The quantitative estimate of drug-likeness (QED) is 0.290. The molecule has 0 atom stereocenters. The van der Waals surface area contributed by atoms with Crippen molar-refractivity contribution >= 4 is 12.1 Å². The number of halogens is 1. The zero-order valence-electron chi connectivity index (χ0n) is 20.5. The number of benzene rings is 3. The number of fused-ring (bicyclic) bond motifs is 1. The van der Waals surface area contributed by atoms with Gasteiger partial charge in [0.2, 0.25) is 0 Å². The van der Waals surface area contributed by atoms with Gasteiger partial charge in [-0.15, -0.1) is 0 Å². The van der Waals surface area contributed by atoms with E-state index in [0.717, 1.165) is 43.0 Å². The first-order chi connectivity index (χ1) is 17.5. The van der Waals surface area contributed by atoms with Gasteiger partial charge in [-0.05, 0) is 67.3 Å². The van der Waals surface area contributed by atoms with Crippen molar-refractivity contribution in [3.8, 4) is 5.69 Å². The number of carbonyl (C=O) groups excluding carboxylic acids is 1. The van der Waals surface area contributed by atoms with E-state index in [-0.39, 0.29) is 11.7 Å². The standard InChI is InChI=1S/C30H29FN4O/c1-21-17-27(22(2)35(21)29-10-6-5-9-28(29)31)18-32-33-30(36)25-13-11-23(12-14-25)19-34-16-15-24-7-3-4-8-26(24)20-34/h3-14,17-18H,15-16,19-20H2,1-2H3,(H,33,36). The number of amides is 1. The fourth-order valence-electron chi connectivity index (χ4n) is 4.86. The molecule has 0 fully saturated rings. The largest absolute Gasteiger partial charge is 0.315 e. The van der Waals surface area contributed by atoms with Crippen LogP contribution in [-0.2, 0) is 19.5 Å². The van der Waals surface area contributed by atoms with Crippen LogP contribution in [-0.4, -0.2) is 28.1 Å². The molecule has 0 saturated heterocycles.